The Morgan fingerprint density at radius 2 is 0.455 bits per heavy atom. The molecule has 0 amide bonds. The highest BCUT2D eigenvalue weighted by atomic mass is 16.3. The number of hydrogen-bond acceptors (Lipinski definition) is 1. The number of nitrogens with zero attached hydrogens (tertiary/aromatic N) is 6. The van der Waals surface area contributed by atoms with Gasteiger partial charge in [-0.3, -0.25) is 0 Å². The zero-order chi connectivity index (χ0) is 94.1. The molecule has 30 rings (SSSR count). The van der Waals surface area contributed by atoms with Gasteiger partial charge in [-0.05, 0) is 273 Å². The summed E-state index contributed by atoms with van der Waals surface area (Å²) in [6.45, 7) is 0. The van der Waals surface area contributed by atoms with Crippen molar-refractivity contribution >= 4 is 159 Å². The molecule has 0 unspecified atom stereocenters. The third kappa shape index (κ3) is 13.9. The van der Waals surface area contributed by atoms with Gasteiger partial charge in [0.15, 0.2) is 0 Å². The average molecular weight is 1820 g/mol. The number of benzene rings is 22. The van der Waals surface area contributed by atoms with Crippen LogP contribution in [0.4, 0.5) is 0 Å². The summed E-state index contributed by atoms with van der Waals surface area (Å²) in [6.07, 6.45) is 6.75. The monoisotopic (exact) mass is 1820 g/mol. The van der Waals surface area contributed by atoms with Gasteiger partial charge in [0.2, 0.25) is 0 Å². The lowest BCUT2D eigenvalue weighted by atomic mass is 9.94. The van der Waals surface area contributed by atoms with E-state index in [1.54, 1.807) is 0 Å². The van der Waals surface area contributed by atoms with Crippen LogP contribution >= 0.6 is 0 Å². The van der Waals surface area contributed by atoms with Crippen molar-refractivity contribution in [2.24, 2.45) is 0 Å². The van der Waals surface area contributed by atoms with Crippen molar-refractivity contribution in [1.29, 1.82) is 0 Å². The van der Waals surface area contributed by atoms with Gasteiger partial charge in [0.1, 0.15) is 11.2 Å². The molecule has 143 heavy (non-hydrogen) atoms. The Kier molecular flexibility index (Phi) is 19.7. The van der Waals surface area contributed by atoms with E-state index in [4.69, 9.17) is 4.42 Å². The van der Waals surface area contributed by atoms with E-state index in [0.717, 1.165) is 57.3 Å². The highest BCUT2D eigenvalue weighted by Gasteiger charge is 2.25. The molecule has 29 aromatic rings. The van der Waals surface area contributed by atoms with Gasteiger partial charge >= 0.3 is 0 Å². The molecule has 670 valence electrons. The smallest absolute Gasteiger partial charge is 0.143 e. The summed E-state index contributed by atoms with van der Waals surface area (Å²) in [7, 11) is 0. The van der Waals surface area contributed by atoms with Crippen LogP contribution in [0.3, 0.4) is 0 Å². The Morgan fingerprint density at radius 3 is 0.881 bits per heavy atom. The van der Waals surface area contributed by atoms with Gasteiger partial charge in [-0.25, -0.2) is 0 Å². The van der Waals surface area contributed by atoms with Crippen LogP contribution in [0.2, 0.25) is 0 Å². The Bertz CT molecular complexity index is 10100. The van der Waals surface area contributed by atoms with E-state index in [9.17, 15) is 0 Å². The van der Waals surface area contributed by atoms with E-state index in [2.05, 4.69) is 537 Å². The lowest BCUT2D eigenvalue weighted by Gasteiger charge is -2.15. The fourth-order valence-corrected chi connectivity index (χ4v) is 23.1. The van der Waals surface area contributed by atoms with Crippen molar-refractivity contribution < 1.29 is 4.42 Å². The number of aryl methyl sites for hydroxylation is 1. The molecule has 7 aromatic heterocycles. The Morgan fingerprint density at radius 1 is 0.168 bits per heavy atom. The summed E-state index contributed by atoms with van der Waals surface area (Å²) < 4.78 is 20.8. The van der Waals surface area contributed by atoms with E-state index >= 15 is 0 Å². The first-order chi connectivity index (χ1) is 70.9. The molecule has 0 spiro atoms. The summed E-state index contributed by atoms with van der Waals surface area (Å²) >= 11 is 0. The van der Waals surface area contributed by atoms with E-state index in [1.807, 2.05) is 12.1 Å². The molecule has 0 aliphatic heterocycles. The van der Waals surface area contributed by atoms with Crippen molar-refractivity contribution in [2.75, 3.05) is 0 Å². The summed E-state index contributed by atoms with van der Waals surface area (Å²) in [5, 5.41) is 17.5. The number of para-hydroxylation sites is 11. The molecule has 1 aliphatic carbocycles. The molecule has 0 N–H and O–H groups in total. The highest BCUT2D eigenvalue weighted by molar-refractivity contribution is 6.18. The van der Waals surface area contributed by atoms with Crippen LogP contribution in [-0.4, -0.2) is 27.4 Å². The normalized spacial score (nSPS) is 12.1. The summed E-state index contributed by atoms with van der Waals surface area (Å²) in [4.78, 5) is 0. The maximum absolute atomic E-state index is 6.36. The maximum Gasteiger partial charge on any atom is 0.143 e. The molecular formula is C136H90N6O. The number of furan rings is 1. The minimum Gasteiger partial charge on any atom is -0.455 e. The van der Waals surface area contributed by atoms with E-state index < -0.39 is 0 Å². The van der Waals surface area contributed by atoms with Crippen LogP contribution in [0.5, 0.6) is 0 Å². The van der Waals surface area contributed by atoms with Crippen LogP contribution in [0.1, 0.15) is 17.5 Å². The minimum absolute atomic E-state index is 0.917. The molecule has 0 saturated heterocycles. The second kappa shape index (κ2) is 34.1. The first-order valence-electron chi connectivity index (χ1n) is 49.4. The van der Waals surface area contributed by atoms with E-state index in [0.29, 0.717) is 0 Å². The topological polar surface area (TPSA) is 42.7 Å². The maximum atomic E-state index is 6.36. The molecule has 0 saturated carbocycles. The van der Waals surface area contributed by atoms with Gasteiger partial charge in [0, 0.05) is 115 Å². The SMILES string of the molecule is C1=Cc2ccc3c4cc(-c5ccc6c(c5)c5ccccc5n6-c5ccccc5)ccc4n(-c4ccccc4)c3c2CC1.c1ccc(-c2cccc(-c3cccc(-n4c5ccccc5c5cc(-c6ccc7c(c6)c6ccccc6n7-c6ccccc6)ccc54)c3)c2)cc1.c1ccc(-n2c3ccccc3c3cc(-c4ccc5c(c4)c4ccccc4n5-c4ccc(-c5cccc6c5oc5ccccc56)cc4)ccc32)cc1. The van der Waals surface area contributed by atoms with Crippen LogP contribution in [-0.2, 0) is 6.42 Å². The fraction of sp³-hybridized carbons (Fsp3) is 0.0147. The van der Waals surface area contributed by atoms with Crippen molar-refractivity contribution in [3.8, 4) is 101 Å². The Balaban J connectivity index is 0.000000105. The van der Waals surface area contributed by atoms with Crippen molar-refractivity contribution in [1.82, 2.24) is 27.4 Å². The van der Waals surface area contributed by atoms with Crippen molar-refractivity contribution in [3.05, 3.63) is 527 Å². The molecule has 7 nitrogen and oxygen atoms in total. The van der Waals surface area contributed by atoms with Gasteiger partial charge in [0.25, 0.3) is 0 Å². The number of allylic oxidation sites excluding steroid dienone is 1. The third-order valence-corrected chi connectivity index (χ3v) is 29.6. The van der Waals surface area contributed by atoms with Crippen LogP contribution in [0.15, 0.2) is 520 Å². The number of hydrogen-bond donors (Lipinski definition) is 0. The molecule has 7 heteroatoms. The zero-order valence-electron chi connectivity index (χ0n) is 78.2. The van der Waals surface area contributed by atoms with Crippen LogP contribution in [0, 0.1) is 0 Å². The predicted octanol–water partition coefficient (Wildman–Crippen LogP) is 36.5. The van der Waals surface area contributed by atoms with E-state index in [1.165, 1.54) is 220 Å². The second-order valence-corrected chi connectivity index (χ2v) is 37.6. The quantitative estimate of drug-likeness (QED) is 0.120. The molecule has 1 aliphatic rings. The minimum atomic E-state index is 0.917. The Labute approximate surface area is 825 Å². The van der Waals surface area contributed by atoms with Gasteiger partial charge in [-0.2, -0.15) is 0 Å². The van der Waals surface area contributed by atoms with Gasteiger partial charge in [-0.15, -0.1) is 0 Å². The molecule has 0 bridgehead atoms. The fourth-order valence-electron chi connectivity index (χ4n) is 23.1. The van der Waals surface area contributed by atoms with Gasteiger partial charge < -0.3 is 31.8 Å². The van der Waals surface area contributed by atoms with Gasteiger partial charge in [-0.1, -0.05) is 334 Å². The molecule has 22 aromatic carbocycles. The first-order valence-corrected chi connectivity index (χ1v) is 49.4. The average Bonchev–Trinajstić information content (AvgIpc) is 1.57. The molecule has 0 fully saturated rings. The summed E-state index contributed by atoms with van der Waals surface area (Å²) in [5.74, 6) is 0. The lowest BCUT2D eigenvalue weighted by Crippen LogP contribution is -2.00. The van der Waals surface area contributed by atoms with Crippen LogP contribution in [0.25, 0.3) is 260 Å². The molecule has 0 radical (unpaired) electrons. The first kappa shape index (κ1) is 82.4. The second-order valence-electron chi connectivity index (χ2n) is 37.6. The lowest BCUT2D eigenvalue weighted by molar-refractivity contribution is 0.670. The third-order valence-electron chi connectivity index (χ3n) is 29.6. The van der Waals surface area contributed by atoms with Crippen molar-refractivity contribution in [2.45, 2.75) is 12.8 Å². The van der Waals surface area contributed by atoms with E-state index in [-0.39, 0.29) is 0 Å². The van der Waals surface area contributed by atoms with Gasteiger partial charge in [0.05, 0.1) is 66.2 Å². The number of fused-ring (bicyclic) bond motifs is 23. The highest BCUT2D eigenvalue weighted by Crippen LogP contribution is 2.47. The standard InChI is InChI=1S/C48H30N2O.C48H32N2.C40H28N2/c1-2-11-34(12-3-1)49-43-18-7-4-13-37(43)41-29-32(23-27-45(41)49)33-24-28-46-42(30-33)38-14-5-8-19-44(38)50(46)35-25-21-31(22-26-35)36-16-10-17-40-39-15-6-9-20-47(39)51-48(36)40;1-3-13-33(14-4-1)34-15-11-16-35(29-34)36-17-12-20-40(30-36)50-46-24-10-8-22-42(46)44-32-38(26-28-48(44)50)37-25-27-47-43(31-37)41-21-7-9-23-45(41)49(47)39-18-5-2-6-19-39;1-3-12-30(13-4-1)41-37-18-10-9-17-33(37)35-25-28(20-23-38(35)41)29-21-24-39-36(26-29)34-22-19-27-11-7-8-16-32(27)40(34)42(39)31-14-5-2-6-15-31/h1-30H;1-32H;1-7,9-15,17-26H,8,16H2. The zero-order valence-corrected chi connectivity index (χ0v) is 78.2. The number of rotatable bonds is 12. The Hall–Kier alpha value is -18.8. The molecule has 7 heterocycles. The molecular weight excluding hydrogens is 1730 g/mol. The van der Waals surface area contributed by atoms with Crippen molar-refractivity contribution in [3.63, 3.8) is 0 Å². The predicted molar refractivity (Wildman–Crippen MR) is 603 cm³/mol. The summed E-state index contributed by atoms with van der Waals surface area (Å²) in [6, 6.07) is 185. The van der Waals surface area contributed by atoms with Crippen LogP contribution < -0.4 is 0 Å². The number of aromatic nitrogens is 6. The largest absolute Gasteiger partial charge is 0.455 e. The summed E-state index contributed by atoms with van der Waals surface area (Å²) in [5.41, 5.74) is 40.8. The molecule has 0 atom stereocenters.